The van der Waals surface area contributed by atoms with Crippen LogP contribution in [0.2, 0.25) is 0 Å². The molecule has 19 heavy (non-hydrogen) atoms. The van der Waals surface area contributed by atoms with Gasteiger partial charge in [0.15, 0.2) is 0 Å². The van der Waals surface area contributed by atoms with E-state index < -0.39 is 23.7 Å². The zero-order valence-electron chi connectivity index (χ0n) is 10.4. The van der Waals surface area contributed by atoms with Crippen LogP contribution in [-0.4, -0.2) is 11.7 Å². The van der Waals surface area contributed by atoms with Crippen molar-refractivity contribution in [3.63, 3.8) is 0 Å². The van der Waals surface area contributed by atoms with E-state index in [4.69, 9.17) is 5.73 Å². The van der Waals surface area contributed by atoms with Gasteiger partial charge in [-0.25, -0.2) is 8.78 Å². The lowest BCUT2D eigenvalue weighted by Crippen LogP contribution is -2.20. The normalized spacial score (nSPS) is 14.4. The first kappa shape index (κ1) is 14.1. The minimum absolute atomic E-state index is 0.110. The monoisotopic (exact) mass is 283 g/mol. The number of benzene rings is 1. The second-order valence-electron chi connectivity index (χ2n) is 4.50. The zero-order valence-corrected chi connectivity index (χ0v) is 11.3. The van der Waals surface area contributed by atoms with E-state index in [9.17, 15) is 13.9 Å². The van der Waals surface area contributed by atoms with Crippen molar-refractivity contribution in [2.75, 3.05) is 6.54 Å². The minimum Gasteiger partial charge on any atom is -0.388 e. The van der Waals surface area contributed by atoms with Gasteiger partial charge in [-0.1, -0.05) is 0 Å². The molecule has 2 unspecified atom stereocenters. The van der Waals surface area contributed by atoms with E-state index in [0.717, 1.165) is 17.2 Å². The standard InChI is InChI=1S/C14H15F2NOS/c1-8-6-19-7-13(8)14(18)12(5-17)9-2-10(15)4-11(16)3-9/h2-4,6-7,12,14,18H,5,17H2,1H3. The van der Waals surface area contributed by atoms with E-state index in [1.165, 1.54) is 23.5 Å². The Morgan fingerprint density at radius 1 is 1.21 bits per heavy atom. The molecule has 102 valence electrons. The third kappa shape index (κ3) is 3.00. The van der Waals surface area contributed by atoms with Crippen molar-refractivity contribution in [1.82, 2.24) is 0 Å². The summed E-state index contributed by atoms with van der Waals surface area (Å²) in [5.41, 5.74) is 7.74. The van der Waals surface area contributed by atoms with Crippen molar-refractivity contribution >= 4 is 11.3 Å². The Morgan fingerprint density at radius 3 is 2.32 bits per heavy atom. The molecule has 0 amide bonds. The van der Waals surface area contributed by atoms with Gasteiger partial charge in [0.25, 0.3) is 0 Å². The van der Waals surface area contributed by atoms with Crippen LogP contribution in [0.1, 0.15) is 28.7 Å². The molecule has 0 radical (unpaired) electrons. The van der Waals surface area contributed by atoms with E-state index in [-0.39, 0.29) is 6.54 Å². The van der Waals surface area contributed by atoms with Gasteiger partial charge in [-0.05, 0) is 46.5 Å². The van der Waals surface area contributed by atoms with Crippen LogP contribution in [0.5, 0.6) is 0 Å². The molecule has 2 nitrogen and oxygen atoms in total. The first-order valence-electron chi connectivity index (χ1n) is 5.89. The molecule has 0 bridgehead atoms. The molecule has 5 heteroatoms. The third-order valence-electron chi connectivity index (χ3n) is 3.16. The van der Waals surface area contributed by atoms with Gasteiger partial charge in [0.1, 0.15) is 11.6 Å². The van der Waals surface area contributed by atoms with Gasteiger partial charge in [0.05, 0.1) is 6.10 Å². The van der Waals surface area contributed by atoms with Gasteiger partial charge >= 0.3 is 0 Å². The fourth-order valence-electron chi connectivity index (χ4n) is 2.13. The van der Waals surface area contributed by atoms with Crippen LogP contribution in [0.25, 0.3) is 0 Å². The summed E-state index contributed by atoms with van der Waals surface area (Å²) >= 11 is 1.47. The maximum atomic E-state index is 13.2. The summed E-state index contributed by atoms with van der Waals surface area (Å²) in [6, 6.07) is 3.23. The predicted octanol–water partition coefficient (Wildman–Crippen LogP) is 3.11. The molecule has 2 aromatic rings. The lowest BCUT2D eigenvalue weighted by atomic mass is 9.89. The predicted molar refractivity (Wildman–Crippen MR) is 72.2 cm³/mol. The summed E-state index contributed by atoms with van der Waals surface area (Å²) in [6.07, 6.45) is -0.863. The number of aryl methyl sites for hydroxylation is 1. The highest BCUT2D eigenvalue weighted by Crippen LogP contribution is 2.34. The van der Waals surface area contributed by atoms with Gasteiger partial charge in [-0.2, -0.15) is 11.3 Å². The minimum atomic E-state index is -0.863. The molecule has 1 aromatic heterocycles. The van der Waals surface area contributed by atoms with Gasteiger partial charge in [0.2, 0.25) is 0 Å². The second kappa shape index (κ2) is 5.77. The van der Waals surface area contributed by atoms with Crippen molar-refractivity contribution in [2.45, 2.75) is 18.9 Å². The summed E-state index contributed by atoms with van der Waals surface area (Å²) in [4.78, 5) is 0. The Labute approximate surface area is 114 Å². The van der Waals surface area contributed by atoms with Crippen LogP contribution < -0.4 is 5.73 Å². The van der Waals surface area contributed by atoms with E-state index in [1.54, 1.807) is 0 Å². The molecule has 0 saturated carbocycles. The topological polar surface area (TPSA) is 46.2 Å². The molecule has 0 spiro atoms. The molecule has 0 aliphatic carbocycles. The second-order valence-corrected chi connectivity index (χ2v) is 5.24. The molecule has 3 N–H and O–H groups in total. The Bertz CT molecular complexity index is 550. The van der Waals surface area contributed by atoms with Crippen molar-refractivity contribution in [3.05, 3.63) is 57.3 Å². The highest BCUT2D eigenvalue weighted by Gasteiger charge is 2.24. The van der Waals surface area contributed by atoms with E-state index in [2.05, 4.69) is 0 Å². The number of hydrogen-bond acceptors (Lipinski definition) is 3. The van der Waals surface area contributed by atoms with Crippen LogP contribution in [0.4, 0.5) is 8.78 Å². The number of hydrogen-bond donors (Lipinski definition) is 2. The largest absolute Gasteiger partial charge is 0.388 e. The molecule has 0 saturated heterocycles. The van der Waals surface area contributed by atoms with Crippen molar-refractivity contribution in [1.29, 1.82) is 0 Å². The smallest absolute Gasteiger partial charge is 0.126 e. The molecule has 0 aliphatic rings. The molecule has 0 fully saturated rings. The van der Waals surface area contributed by atoms with Gasteiger partial charge in [0, 0.05) is 18.5 Å². The van der Waals surface area contributed by atoms with Crippen molar-refractivity contribution in [2.24, 2.45) is 5.73 Å². The first-order chi connectivity index (χ1) is 9.02. The Morgan fingerprint density at radius 2 is 1.84 bits per heavy atom. The van der Waals surface area contributed by atoms with Crippen molar-refractivity contribution in [3.8, 4) is 0 Å². The number of aliphatic hydroxyl groups excluding tert-OH is 1. The summed E-state index contributed by atoms with van der Waals surface area (Å²) in [7, 11) is 0. The van der Waals surface area contributed by atoms with Crippen LogP contribution in [-0.2, 0) is 0 Å². The quantitative estimate of drug-likeness (QED) is 0.905. The number of aliphatic hydroxyl groups is 1. The van der Waals surface area contributed by atoms with Crippen LogP contribution in [0, 0.1) is 18.6 Å². The fraction of sp³-hybridized carbons (Fsp3) is 0.286. The summed E-state index contributed by atoms with van der Waals surface area (Å²) in [5.74, 6) is -1.86. The number of rotatable bonds is 4. The zero-order chi connectivity index (χ0) is 14.0. The lowest BCUT2D eigenvalue weighted by Gasteiger charge is -2.22. The summed E-state index contributed by atoms with van der Waals surface area (Å²) < 4.78 is 26.5. The summed E-state index contributed by atoms with van der Waals surface area (Å²) in [5, 5.41) is 14.1. The molecular weight excluding hydrogens is 268 g/mol. The maximum Gasteiger partial charge on any atom is 0.126 e. The fourth-order valence-corrected chi connectivity index (χ4v) is 3.01. The average Bonchev–Trinajstić information content (AvgIpc) is 2.75. The molecular formula is C14H15F2NOS. The molecule has 1 aromatic carbocycles. The third-order valence-corrected chi connectivity index (χ3v) is 4.04. The number of halogens is 2. The molecule has 0 aliphatic heterocycles. The van der Waals surface area contributed by atoms with Crippen LogP contribution in [0.15, 0.2) is 29.0 Å². The van der Waals surface area contributed by atoms with E-state index >= 15 is 0 Å². The molecule has 2 rings (SSSR count). The van der Waals surface area contributed by atoms with Gasteiger partial charge in [-0.15, -0.1) is 0 Å². The SMILES string of the molecule is Cc1cscc1C(O)C(CN)c1cc(F)cc(F)c1. The Hall–Kier alpha value is -1.30. The highest BCUT2D eigenvalue weighted by molar-refractivity contribution is 7.08. The van der Waals surface area contributed by atoms with Crippen LogP contribution >= 0.6 is 11.3 Å². The maximum absolute atomic E-state index is 13.2. The van der Waals surface area contributed by atoms with E-state index in [1.807, 2.05) is 17.7 Å². The Balaban J connectivity index is 2.36. The average molecular weight is 283 g/mol. The first-order valence-corrected chi connectivity index (χ1v) is 6.84. The summed E-state index contributed by atoms with van der Waals surface area (Å²) in [6.45, 7) is 1.99. The highest BCUT2D eigenvalue weighted by atomic mass is 32.1. The number of nitrogens with two attached hydrogens (primary N) is 1. The Kier molecular flexibility index (Phi) is 4.29. The van der Waals surface area contributed by atoms with Crippen LogP contribution in [0.3, 0.4) is 0 Å². The molecule has 1 heterocycles. The van der Waals surface area contributed by atoms with Gasteiger partial charge in [-0.3, -0.25) is 0 Å². The molecule has 2 atom stereocenters. The number of thiophene rings is 1. The van der Waals surface area contributed by atoms with E-state index in [0.29, 0.717) is 5.56 Å². The lowest BCUT2D eigenvalue weighted by molar-refractivity contribution is 0.147. The van der Waals surface area contributed by atoms with Crippen molar-refractivity contribution < 1.29 is 13.9 Å². The van der Waals surface area contributed by atoms with Gasteiger partial charge < -0.3 is 10.8 Å².